The Morgan fingerprint density at radius 1 is 1.20 bits per heavy atom. The summed E-state index contributed by atoms with van der Waals surface area (Å²) in [7, 11) is 0. The van der Waals surface area contributed by atoms with Crippen molar-refractivity contribution in [1.29, 1.82) is 0 Å². The van der Waals surface area contributed by atoms with Gasteiger partial charge >= 0.3 is 5.97 Å². The van der Waals surface area contributed by atoms with E-state index < -0.39 is 11.9 Å². The van der Waals surface area contributed by atoms with Gasteiger partial charge < -0.3 is 16.2 Å². The molecule has 0 bridgehead atoms. The maximum atomic E-state index is 11.7. The fourth-order valence-corrected chi connectivity index (χ4v) is 1.81. The Bertz CT molecular complexity index is 496. The molecule has 6 heteroatoms. The van der Waals surface area contributed by atoms with Gasteiger partial charge in [-0.3, -0.25) is 14.4 Å². The zero-order valence-corrected chi connectivity index (χ0v) is 11.3. The number of anilines is 1. The van der Waals surface area contributed by atoms with Crippen LogP contribution in [0.2, 0.25) is 0 Å². The minimum Gasteiger partial charge on any atom is -0.481 e. The largest absolute Gasteiger partial charge is 0.481 e. The van der Waals surface area contributed by atoms with Crippen LogP contribution in [0.5, 0.6) is 0 Å². The monoisotopic (exact) mass is 278 g/mol. The molecule has 0 heterocycles. The lowest BCUT2D eigenvalue weighted by Crippen LogP contribution is -2.17. The average molecular weight is 278 g/mol. The van der Waals surface area contributed by atoms with Crippen molar-refractivity contribution in [3.05, 3.63) is 29.8 Å². The smallest absolute Gasteiger partial charge is 0.303 e. The highest BCUT2D eigenvalue weighted by Crippen LogP contribution is 2.13. The van der Waals surface area contributed by atoms with E-state index in [1.165, 1.54) is 0 Å². The Balaban J connectivity index is 2.49. The summed E-state index contributed by atoms with van der Waals surface area (Å²) in [5.74, 6) is -1.78. The Morgan fingerprint density at radius 2 is 1.80 bits per heavy atom. The molecule has 20 heavy (non-hydrogen) atoms. The van der Waals surface area contributed by atoms with E-state index >= 15 is 0 Å². The Morgan fingerprint density at radius 3 is 2.30 bits per heavy atom. The van der Waals surface area contributed by atoms with Crippen LogP contribution in [0.4, 0.5) is 5.69 Å². The van der Waals surface area contributed by atoms with Crippen molar-refractivity contribution in [2.75, 3.05) is 5.32 Å². The number of carboxylic acids is 1. The van der Waals surface area contributed by atoms with E-state index in [2.05, 4.69) is 5.32 Å². The molecule has 0 aliphatic heterocycles. The summed E-state index contributed by atoms with van der Waals surface area (Å²) in [6.07, 6.45) is 0.268. The number of nitrogens with one attached hydrogen (secondary N) is 1. The number of carboxylic acid groups (broad SMARTS) is 1. The van der Waals surface area contributed by atoms with Crippen LogP contribution in [0.25, 0.3) is 0 Å². The van der Waals surface area contributed by atoms with Crippen LogP contribution in [-0.2, 0) is 20.8 Å². The van der Waals surface area contributed by atoms with E-state index in [-0.39, 0.29) is 31.1 Å². The van der Waals surface area contributed by atoms with Crippen molar-refractivity contribution in [2.24, 2.45) is 11.7 Å². The number of amides is 2. The second-order valence-electron chi connectivity index (χ2n) is 4.80. The van der Waals surface area contributed by atoms with Crippen LogP contribution in [0.3, 0.4) is 0 Å². The number of nitrogens with two attached hydrogens (primary N) is 1. The molecule has 0 radical (unpaired) electrons. The summed E-state index contributed by atoms with van der Waals surface area (Å²) in [5, 5.41) is 11.3. The Hall–Kier alpha value is -2.37. The van der Waals surface area contributed by atoms with Crippen molar-refractivity contribution in [3.63, 3.8) is 0 Å². The van der Waals surface area contributed by atoms with Crippen molar-refractivity contribution in [1.82, 2.24) is 0 Å². The zero-order chi connectivity index (χ0) is 15.1. The first-order valence-electron chi connectivity index (χ1n) is 6.25. The van der Waals surface area contributed by atoms with Gasteiger partial charge in [0.15, 0.2) is 0 Å². The molecular formula is C14H18N2O4. The van der Waals surface area contributed by atoms with Gasteiger partial charge in [0.1, 0.15) is 0 Å². The molecule has 0 saturated carbocycles. The summed E-state index contributed by atoms with van der Waals surface area (Å²) < 4.78 is 0. The lowest BCUT2D eigenvalue weighted by Gasteiger charge is -2.09. The lowest BCUT2D eigenvalue weighted by atomic mass is 10.0. The number of rotatable bonds is 7. The number of carbonyl (C=O) groups excluding carboxylic acids is 2. The molecule has 0 aromatic heterocycles. The van der Waals surface area contributed by atoms with E-state index in [9.17, 15) is 14.4 Å². The SMILES string of the molecule is CC(CC(=O)O)CC(=O)Nc1ccc(CC(N)=O)cc1. The van der Waals surface area contributed by atoms with Crippen LogP contribution >= 0.6 is 0 Å². The second-order valence-corrected chi connectivity index (χ2v) is 4.80. The van der Waals surface area contributed by atoms with Gasteiger partial charge in [-0.2, -0.15) is 0 Å². The van der Waals surface area contributed by atoms with Gasteiger partial charge in [0, 0.05) is 18.5 Å². The van der Waals surface area contributed by atoms with Crippen LogP contribution in [-0.4, -0.2) is 22.9 Å². The molecule has 108 valence electrons. The quantitative estimate of drug-likeness (QED) is 0.695. The number of carbonyl (C=O) groups is 3. The molecule has 6 nitrogen and oxygen atoms in total. The second kappa shape index (κ2) is 7.28. The molecule has 0 fully saturated rings. The van der Waals surface area contributed by atoms with E-state index in [4.69, 9.17) is 10.8 Å². The minimum absolute atomic E-state index is 0.0367. The molecule has 1 aromatic carbocycles. The third-order valence-electron chi connectivity index (χ3n) is 2.67. The number of hydrogen-bond donors (Lipinski definition) is 3. The molecule has 1 atom stereocenters. The highest BCUT2D eigenvalue weighted by Gasteiger charge is 2.12. The van der Waals surface area contributed by atoms with Crippen LogP contribution in [0, 0.1) is 5.92 Å². The van der Waals surface area contributed by atoms with Crippen LogP contribution in [0.15, 0.2) is 24.3 Å². The zero-order valence-electron chi connectivity index (χ0n) is 11.3. The molecule has 0 saturated heterocycles. The van der Waals surface area contributed by atoms with Gasteiger partial charge in [0.25, 0.3) is 0 Å². The standard InChI is InChI=1S/C14H18N2O4/c1-9(7-14(19)20)6-13(18)16-11-4-2-10(3-5-11)8-12(15)17/h2-5,9H,6-8H2,1H3,(H2,15,17)(H,16,18)(H,19,20). The minimum atomic E-state index is -0.916. The Labute approximate surface area is 117 Å². The summed E-state index contributed by atoms with van der Waals surface area (Å²) in [6, 6.07) is 6.78. The first-order chi connectivity index (χ1) is 9.36. The summed E-state index contributed by atoms with van der Waals surface area (Å²) in [6.45, 7) is 1.71. The van der Waals surface area contributed by atoms with E-state index in [0.29, 0.717) is 5.69 Å². The molecule has 4 N–H and O–H groups in total. The highest BCUT2D eigenvalue weighted by molar-refractivity contribution is 5.91. The van der Waals surface area contributed by atoms with E-state index in [1.54, 1.807) is 31.2 Å². The maximum Gasteiger partial charge on any atom is 0.303 e. The van der Waals surface area contributed by atoms with Gasteiger partial charge in [-0.25, -0.2) is 0 Å². The molecule has 2 amide bonds. The number of primary amides is 1. The molecule has 1 rings (SSSR count). The molecule has 0 spiro atoms. The molecular weight excluding hydrogens is 260 g/mol. The molecule has 0 aliphatic rings. The first kappa shape index (κ1) is 15.7. The summed E-state index contributed by atoms with van der Waals surface area (Å²) in [4.78, 5) is 32.9. The number of aliphatic carboxylic acids is 1. The van der Waals surface area contributed by atoms with Crippen molar-refractivity contribution in [3.8, 4) is 0 Å². The van der Waals surface area contributed by atoms with E-state index in [0.717, 1.165) is 5.56 Å². The van der Waals surface area contributed by atoms with Gasteiger partial charge in [-0.15, -0.1) is 0 Å². The molecule has 1 unspecified atom stereocenters. The van der Waals surface area contributed by atoms with Crippen molar-refractivity contribution >= 4 is 23.5 Å². The molecule has 0 aliphatic carbocycles. The fraction of sp³-hybridized carbons (Fsp3) is 0.357. The molecule has 1 aromatic rings. The fourth-order valence-electron chi connectivity index (χ4n) is 1.81. The number of hydrogen-bond acceptors (Lipinski definition) is 3. The predicted molar refractivity (Wildman–Crippen MR) is 74.0 cm³/mol. The third kappa shape index (κ3) is 5.99. The summed E-state index contributed by atoms with van der Waals surface area (Å²) in [5.41, 5.74) is 6.46. The van der Waals surface area contributed by atoms with Crippen molar-refractivity contribution in [2.45, 2.75) is 26.2 Å². The van der Waals surface area contributed by atoms with Gasteiger partial charge in [0.2, 0.25) is 11.8 Å². The first-order valence-corrected chi connectivity index (χ1v) is 6.25. The highest BCUT2D eigenvalue weighted by atomic mass is 16.4. The van der Waals surface area contributed by atoms with Gasteiger partial charge in [-0.1, -0.05) is 19.1 Å². The van der Waals surface area contributed by atoms with Crippen molar-refractivity contribution < 1.29 is 19.5 Å². The van der Waals surface area contributed by atoms with Crippen LogP contribution in [0.1, 0.15) is 25.3 Å². The average Bonchev–Trinajstić information content (AvgIpc) is 2.29. The third-order valence-corrected chi connectivity index (χ3v) is 2.67. The van der Waals surface area contributed by atoms with Gasteiger partial charge in [0.05, 0.1) is 6.42 Å². The van der Waals surface area contributed by atoms with E-state index in [1.807, 2.05) is 0 Å². The number of benzene rings is 1. The maximum absolute atomic E-state index is 11.7. The Kier molecular flexibility index (Phi) is 5.71. The van der Waals surface area contributed by atoms with Crippen LogP contribution < -0.4 is 11.1 Å². The predicted octanol–water partition coefficient (Wildman–Crippen LogP) is 1.15. The summed E-state index contributed by atoms with van der Waals surface area (Å²) >= 11 is 0. The normalized spacial score (nSPS) is 11.7. The van der Waals surface area contributed by atoms with Gasteiger partial charge in [-0.05, 0) is 23.6 Å². The lowest BCUT2D eigenvalue weighted by molar-refractivity contribution is -0.138. The topological polar surface area (TPSA) is 109 Å².